The van der Waals surface area contributed by atoms with E-state index in [0.29, 0.717) is 11.5 Å². The molecule has 6 heteroatoms. The molecule has 0 aliphatic rings. The predicted octanol–water partition coefficient (Wildman–Crippen LogP) is 0.493. The van der Waals surface area contributed by atoms with Gasteiger partial charge in [0.05, 0.1) is 11.9 Å². The molecule has 0 unspecified atom stereocenters. The van der Waals surface area contributed by atoms with E-state index in [9.17, 15) is 0 Å². The van der Waals surface area contributed by atoms with E-state index in [4.69, 9.17) is 11.5 Å². The second kappa shape index (κ2) is 2.49. The maximum atomic E-state index is 5.64. The topological polar surface area (TPSA) is 82.8 Å². The molecule has 0 radical (unpaired) electrons. The van der Waals surface area contributed by atoms with E-state index in [1.807, 2.05) is 5.38 Å². The SMILES string of the molecule is Nc1cnn(-c2nccs2)c1N. The highest BCUT2D eigenvalue weighted by atomic mass is 32.1. The summed E-state index contributed by atoms with van der Waals surface area (Å²) in [7, 11) is 0. The molecule has 2 rings (SSSR count). The van der Waals surface area contributed by atoms with Gasteiger partial charge in [-0.05, 0) is 0 Å². The van der Waals surface area contributed by atoms with E-state index in [1.165, 1.54) is 22.2 Å². The van der Waals surface area contributed by atoms with E-state index in [1.54, 1.807) is 6.20 Å². The Labute approximate surface area is 72.6 Å². The Bertz CT molecular complexity index is 377. The fourth-order valence-electron chi connectivity index (χ4n) is 0.844. The van der Waals surface area contributed by atoms with Crippen LogP contribution in [0.25, 0.3) is 5.13 Å². The number of nitrogen functional groups attached to an aromatic ring is 2. The molecule has 2 aromatic rings. The van der Waals surface area contributed by atoms with Crippen LogP contribution in [0.5, 0.6) is 0 Å². The first-order valence-electron chi connectivity index (χ1n) is 3.28. The Morgan fingerprint density at radius 2 is 2.25 bits per heavy atom. The predicted molar refractivity (Wildman–Crippen MR) is 48.1 cm³/mol. The first kappa shape index (κ1) is 7.11. The van der Waals surface area contributed by atoms with E-state index >= 15 is 0 Å². The lowest BCUT2D eigenvalue weighted by Crippen LogP contribution is -2.02. The molecule has 0 aliphatic heterocycles. The lowest BCUT2D eigenvalue weighted by molar-refractivity contribution is 0.880. The molecule has 0 amide bonds. The van der Waals surface area contributed by atoms with Gasteiger partial charge in [-0.25, -0.2) is 4.98 Å². The lowest BCUT2D eigenvalue weighted by Gasteiger charge is -1.97. The molecule has 12 heavy (non-hydrogen) atoms. The van der Waals surface area contributed by atoms with Crippen LogP contribution >= 0.6 is 11.3 Å². The number of nitrogens with two attached hydrogens (primary N) is 2. The normalized spacial score (nSPS) is 10.3. The highest BCUT2D eigenvalue weighted by Crippen LogP contribution is 2.19. The van der Waals surface area contributed by atoms with Gasteiger partial charge < -0.3 is 11.5 Å². The van der Waals surface area contributed by atoms with Crippen molar-refractivity contribution in [1.29, 1.82) is 0 Å². The van der Waals surface area contributed by atoms with E-state index in [-0.39, 0.29) is 0 Å². The Hall–Kier alpha value is -1.56. The van der Waals surface area contributed by atoms with Crippen molar-refractivity contribution in [3.05, 3.63) is 17.8 Å². The van der Waals surface area contributed by atoms with Gasteiger partial charge >= 0.3 is 0 Å². The van der Waals surface area contributed by atoms with Gasteiger partial charge in [-0.2, -0.15) is 9.78 Å². The van der Waals surface area contributed by atoms with Crippen LogP contribution in [0.1, 0.15) is 0 Å². The lowest BCUT2D eigenvalue weighted by atomic mass is 10.5. The van der Waals surface area contributed by atoms with Crippen LogP contribution in [-0.4, -0.2) is 14.8 Å². The number of hydrogen-bond donors (Lipinski definition) is 2. The molecule has 2 heterocycles. The number of aromatic nitrogens is 3. The summed E-state index contributed by atoms with van der Waals surface area (Å²) in [4.78, 5) is 4.04. The maximum Gasteiger partial charge on any atom is 0.212 e. The largest absolute Gasteiger partial charge is 0.394 e. The molecule has 0 fully saturated rings. The highest BCUT2D eigenvalue weighted by molar-refractivity contribution is 7.12. The molecule has 0 aliphatic carbocycles. The Balaban J connectivity index is 2.55. The fourth-order valence-corrected chi connectivity index (χ4v) is 1.45. The second-order valence-electron chi connectivity index (χ2n) is 2.21. The molecule has 0 saturated heterocycles. The summed E-state index contributed by atoms with van der Waals surface area (Å²) in [6, 6.07) is 0. The van der Waals surface area contributed by atoms with Crippen LogP contribution in [0.3, 0.4) is 0 Å². The summed E-state index contributed by atoms with van der Waals surface area (Å²) in [5.41, 5.74) is 11.6. The standard InChI is InChI=1S/C6H7N5S/c7-4-3-10-11(5(4)8)6-9-1-2-12-6/h1-3H,7-8H2. The van der Waals surface area contributed by atoms with Gasteiger partial charge in [0.25, 0.3) is 0 Å². The van der Waals surface area contributed by atoms with Crippen LogP contribution in [0.4, 0.5) is 11.5 Å². The Morgan fingerprint density at radius 3 is 2.75 bits per heavy atom. The van der Waals surface area contributed by atoms with Gasteiger partial charge in [-0.15, -0.1) is 11.3 Å². The Kier molecular flexibility index (Phi) is 1.47. The van der Waals surface area contributed by atoms with E-state index < -0.39 is 0 Å². The number of rotatable bonds is 1. The van der Waals surface area contributed by atoms with Gasteiger partial charge in [-0.3, -0.25) is 0 Å². The van der Waals surface area contributed by atoms with E-state index in [2.05, 4.69) is 10.1 Å². The summed E-state index contributed by atoms with van der Waals surface area (Å²) in [6.07, 6.45) is 3.20. The third-order valence-corrected chi connectivity index (χ3v) is 2.18. The Morgan fingerprint density at radius 1 is 1.42 bits per heavy atom. The van der Waals surface area contributed by atoms with Crippen LogP contribution in [0, 0.1) is 0 Å². The molecule has 2 aromatic heterocycles. The third-order valence-electron chi connectivity index (χ3n) is 1.44. The van der Waals surface area contributed by atoms with E-state index in [0.717, 1.165) is 5.13 Å². The first-order chi connectivity index (χ1) is 5.79. The van der Waals surface area contributed by atoms with Crippen LogP contribution < -0.4 is 11.5 Å². The zero-order chi connectivity index (χ0) is 8.55. The van der Waals surface area contributed by atoms with Crippen molar-refractivity contribution in [3.8, 4) is 5.13 Å². The van der Waals surface area contributed by atoms with Crippen molar-refractivity contribution in [2.24, 2.45) is 0 Å². The number of hydrogen-bond acceptors (Lipinski definition) is 5. The average Bonchev–Trinajstić information content (AvgIpc) is 2.64. The summed E-state index contributed by atoms with van der Waals surface area (Å²) in [5.74, 6) is 0.435. The van der Waals surface area contributed by atoms with Gasteiger partial charge in [-0.1, -0.05) is 0 Å². The van der Waals surface area contributed by atoms with Gasteiger partial charge in [0.2, 0.25) is 5.13 Å². The minimum atomic E-state index is 0.435. The molecule has 0 aromatic carbocycles. The minimum absolute atomic E-state index is 0.435. The molecular formula is C6H7N5S. The fraction of sp³-hybridized carbons (Fsp3) is 0. The number of nitrogens with zero attached hydrogens (tertiary/aromatic N) is 3. The zero-order valence-corrected chi connectivity index (χ0v) is 6.95. The second-order valence-corrected chi connectivity index (χ2v) is 3.08. The summed E-state index contributed by atoms with van der Waals surface area (Å²) >= 11 is 1.46. The molecular weight excluding hydrogens is 174 g/mol. The van der Waals surface area contributed by atoms with Crippen molar-refractivity contribution in [2.75, 3.05) is 11.5 Å². The molecule has 0 atom stereocenters. The van der Waals surface area contributed by atoms with Gasteiger partial charge in [0.15, 0.2) is 5.82 Å². The summed E-state index contributed by atoms with van der Waals surface area (Å²) < 4.78 is 1.51. The monoisotopic (exact) mass is 181 g/mol. The van der Waals surface area contributed by atoms with Gasteiger partial charge in [0.1, 0.15) is 0 Å². The van der Waals surface area contributed by atoms with Crippen LogP contribution in [0.15, 0.2) is 17.8 Å². The zero-order valence-electron chi connectivity index (χ0n) is 6.14. The van der Waals surface area contributed by atoms with Crippen molar-refractivity contribution in [2.45, 2.75) is 0 Å². The molecule has 4 N–H and O–H groups in total. The smallest absolute Gasteiger partial charge is 0.212 e. The number of thiazole rings is 1. The maximum absolute atomic E-state index is 5.64. The molecule has 0 saturated carbocycles. The quantitative estimate of drug-likeness (QED) is 0.670. The minimum Gasteiger partial charge on any atom is -0.394 e. The van der Waals surface area contributed by atoms with Crippen molar-refractivity contribution >= 4 is 22.8 Å². The van der Waals surface area contributed by atoms with Crippen molar-refractivity contribution in [3.63, 3.8) is 0 Å². The highest BCUT2D eigenvalue weighted by Gasteiger charge is 2.06. The molecule has 0 spiro atoms. The average molecular weight is 181 g/mol. The molecule has 5 nitrogen and oxygen atoms in total. The third kappa shape index (κ3) is 0.928. The molecule has 0 bridgehead atoms. The first-order valence-corrected chi connectivity index (χ1v) is 4.16. The van der Waals surface area contributed by atoms with Crippen molar-refractivity contribution < 1.29 is 0 Å². The number of anilines is 2. The molecule has 62 valence electrons. The summed E-state index contributed by atoms with van der Waals surface area (Å²) in [5, 5.41) is 6.55. The van der Waals surface area contributed by atoms with Crippen LogP contribution in [-0.2, 0) is 0 Å². The van der Waals surface area contributed by atoms with Crippen molar-refractivity contribution in [1.82, 2.24) is 14.8 Å². The van der Waals surface area contributed by atoms with Gasteiger partial charge in [0, 0.05) is 11.6 Å². The van der Waals surface area contributed by atoms with Crippen LogP contribution in [0.2, 0.25) is 0 Å². The summed E-state index contributed by atoms with van der Waals surface area (Å²) in [6.45, 7) is 0.